The van der Waals surface area contributed by atoms with Crippen molar-refractivity contribution in [1.82, 2.24) is 15.3 Å². The van der Waals surface area contributed by atoms with E-state index in [0.717, 1.165) is 31.6 Å². The van der Waals surface area contributed by atoms with E-state index in [0.29, 0.717) is 17.6 Å². The average Bonchev–Trinajstić information content (AvgIpc) is 3.55. The van der Waals surface area contributed by atoms with Crippen molar-refractivity contribution in [3.8, 4) is 23.5 Å². The second-order valence-corrected chi connectivity index (χ2v) is 15.6. The Morgan fingerprint density at radius 2 is 1.84 bits per heavy atom. The molecule has 2 N–H and O–H groups in total. The fourth-order valence-corrected chi connectivity index (χ4v) is 5.53. The molecular weight excluding hydrogens is 502 g/mol. The number of carbonyl (C=O) groups excluding carboxylic acids is 1. The molecule has 0 spiro atoms. The number of furan rings is 1. The maximum Gasteiger partial charge on any atom is 0.291 e. The number of rotatable bonds is 10. The molecule has 3 heterocycles. The minimum Gasteiger partial charge on any atom is -0.479 e. The van der Waals surface area contributed by atoms with Gasteiger partial charge in [0.2, 0.25) is 17.7 Å². The Hall–Kier alpha value is -3.57. The van der Waals surface area contributed by atoms with Gasteiger partial charge in [0.25, 0.3) is 11.9 Å². The van der Waals surface area contributed by atoms with Crippen molar-refractivity contribution in [1.29, 1.82) is 0 Å². The second-order valence-electron chi connectivity index (χ2n) is 10.5. The maximum atomic E-state index is 13.1. The third-order valence-corrected chi connectivity index (χ3v) is 8.63. The fourth-order valence-electron chi connectivity index (χ4n) is 4.38. The predicted octanol–water partition coefficient (Wildman–Crippen LogP) is 4.03. The van der Waals surface area contributed by atoms with Crippen LogP contribution in [-0.2, 0) is 0 Å². The molecular formula is C27H37N5O5Si. The molecule has 204 valence electrons. The summed E-state index contributed by atoms with van der Waals surface area (Å²) in [6.07, 6.45) is 1.04. The average molecular weight is 540 g/mol. The number of nitrogens with zero attached hydrogens (tertiary/aromatic N) is 3. The SMILES string of the molecule is CNCC1CCN(c2nc(OC)c(NC(=O)c3ccc(Oc4cc([Si](C)(C)C)ccc4C)o3)c(OC)n2)C1. The smallest absolute Gasteiger partial charge is 0.291 e. The van der Waals surface area contributed by atoms with Crippen molar-refractivity contribution < 1.29 is 23.4 Å². The summed E-state index contributed by atoms with van der Waals surface area (Å²) in [5.74, 6) is 1.92. The fraction of sp³-hybridized carbons (Fsp3) is 0.444. The molecule has 1 aliphatic rings. The highest BCUT2D eigenvalue weighted by molar-refractivity contribution is 6.88. The normalized spacial score (nSPS) is 15.4. The maximum absolute atomic E-state index is 13.1. The van der Waals surface area contributed by atoms with Crippen molar-refractivity contribution in [3.05, 3.63) is 41.7 Å². The van der Waals surface area contributed by atoms with E-state index < -0.39 is 14.0 Å². The zero-order valence-electron chi connectivity index (χ0n) is 23.2. The molecule has 0 radical (unpaired) electrons. The number of benzene rings is 1. The van der Waals surface area contributed by atoms with Gasteiger partial charge in [0, 0.05) is 19.2 Å². The van der Waals surface area contributed by atoms with Gasteiger partial charge in [-0.15, -0.1) is 0 Å². The molecule has 3 aromatic rings. The van der Waals surface area contributed by atoms with E-state index in [-0.39, 0.29) is 29.2 Å². The van der Waals surface area contributed by atoms with E-state index in [2.05, 4.69) is 57.3 Å². The van der Waals surface area contributed by atoms with Crippen LogP contribution in [0.3, 0.4) is 0 Å². The van der Waals surface area contributed by atoms with Crippen LogP contribution in [0.1, 0.15) is 22.5 Å². The Kier molecular flexibility index (Phi) is 8.27. The first-order valence-electron chi connectivity index (χ1n) is 12.7. The molecule has 10 nitrogen and oxygen atoms in total. The predicted molar refractivity (Wildman–Crippen MR) is 150 cm³/mol. The van der Waals surface area contributed by atoms with Crippen molar-refractivity contribution >= 4 is 30.8 Å². The number of hydrogen-bond donors (Lipinski definition) is 2. The molecule has 1 aliphatic heterocycles. The Labute approximate surface area is 224 Å². The van der Waals surface area contributed by atoms with Gasteiger partial charge in [-0.3, -0.25) is 4.79 Å². The molecule has 1 unspecified atom stereocenters. The van der Waals surface area contributed by atoms with Crippen LogP contribution in [0, 0.1) is 12.8 Å². The van der Waals surface area contributed by atoms with Gasteiger partial charge in [-0.2, -0.15) is 9.97 Å². The highest BCUT2D eigenvalue weighted by Crippen LogP contribution is 2.35. The quantitative estimate of drug-likeness (QED) is 0.369. The van der Waals surface area contributed by atoms with Crippen LogP contribution in [0.5, 0.6) is 23.5 Å². The lowest BCUT2D eigenvalue weighted by atomic mass is 10.1. The third-order valence-electron chi connectivity index (χ3n) is 6.59. The molecule has 0 aliphatic carbocycles. The first-order chi connectivity index (χ1) is 18.1. The van der Waals surface area contributed by atoms with Gasteiger partial charge < -0.3 is 34.2 Å². The van der Waals surface area contributed by atoms with Crippen LogP contribution in [0.25, 0.3) is 0 Å². The summed E-state index contributed by atoms with van der Waals surface area (Å²) in [7, 11) is 3.41. The summed E-state index contributed by atoms with van der Waals surface area (Å²) >= 11 is 0. The van der Waals surface area contributed by atoms with Gasteiger partial charge >= 0.3 is 0 Å². The number of ether oxygens (including phenoxy) is 3. The van der Waals surface area contributed by atoms with Crippen LogP contribution >= 0.6 is 0 Å². The van der Waals surface area contributed by atoms with Crippen molar-refractivity contribution in [2.45, 2.75) is 33.0 Å². The summed E-state index contributed by atoms with van der Waals surface area (Å²) < 4.78 is 22.7. The number of aryl methyl sites for hydroxylation is 1. The van der Waals surface area contributed by atoms with Gasteiger partial charge in [-0.25, -0.2) is 0 Å². The summed E-state index contributed by atoms with van der Waals surface area (Å²) in [6, 6.07) is 9.43. The van der Waals surface area contributed by atoms with Crippen LogP contribution in [0.2, 0.25) is 19.6 Å². The van der Waals surface area contributed by atoms with Gasteiger partial charge in [-0.1, -0.05) is 37.0 Å². The highest BCUT2D eigenvalue weighted by atomic mass is 28.3. The lowest BCUT2D eigenvalue weighted by Gasteiger charge is -2.19. The van der Waals surface area contributed by atoms with E-state index in [1.807, 2.05) is 20.0 Å². The molecule has 1 fully saturated rings. The summed E-state index contributed by atoms with van der Waals surface area (Å²) in [6.45, 7) is 11.4. The minimum absolute atomic E-state index is 0.0710. The lowest BCUT2D eigenvalue weighted by molar-refractivity contribution is 0.0990. The van der Waals surface area contributed by atoms with E-state index >= 15 is 0 Å². The molecule has 11 heteroatoms. The summed E-state index contributed by atoms with van der Waals surface area (Å²) in [5, 5.41) is 7.27. The Balaban J connectivity index is 1.51. The number of hydrogen-bond acceptors (Lipinski definition) is 9. The Morgan fingerprint density at radius 3 is 2.47 bits per heavy atom. The number of aromatic nitrogens is 2. The molecule has 1 amide bonds. The summed E-state index contributed by atoms with van der Waals surface area (Å²) in [5.41, 5.74) is 1.21. The number of methoxy groups -OCH3 is 2. The van der Waals surface area contributed by atoms with Gasteiger partial charge in [0.15, 0.2) is 11.4 Å². The zero-order chi connectivity index (χ0) is 27.4. The zero-order valence-corrected chi connectivity index (χ0v) is 24.2. The van der Waals surface area contributed by atoms with E-state index in [4.69, 9.17) is 18.6 Å². The van der Waals surface area contributed by atoms with Gasteiger partial charge in [-0.05, 0) is 50.6 Å². The molecule has 0 bridgehead atoms. The molecule has 4 rings (SSSR count). The van der Waals surface area contributed by atoms with Crippen LogP contribution in [0.4, 0.5) is 11.6 Å². The molecule has 38 heavy (non-hydrogen) atoms. The standard InChI is InChI=1S/C27H37N5O5Si/c1-17-8-9-19(38(5,6)7)14-21(17)37-22-11-10-20(36-22)24(33)29-23-25(34-3)30-27(31-26(23)35-4)32-13-12-18(16-32)15-28-2/h8-11,14,18,28H,12-13,15-16H2,1-7H3,(H,29,33). The monoisotopic (exact) mass is 539 g/mol. The molecule has 1 atom stereocenters. The van der Waals surface area contributed by atoms with Crippen LogP contribution in [-0.4, -0.2) is 64.9 Å². The number of carbonyl (C=O) groups is 1. The molecule has 1 aromatic carbocycles. The van der Waals surface area contributed by atoms with E-state index in [1.165, 1.54) is 19.4 Å². The van der Waals surface area contributed by atoms with Crippen molar-refractivity contribution in [2.75, 3.05) is 51.1 Å². The second kappa shape index (κ2) is 11.4. The van der Waals surface area contributed by atoms with Crippen LogP contribution < -0.4 is 34.9 Å². The topological polar surface area (TPSA) is 111 Å². The molecule has 2 aromatic heterocycles. The lowest BCUT2D eigenvalue weighted by Crippen LogP contribution is -2.37. The van der Waals surface area contributed by atoms with Gasteiger partial charge in [0.05, 0.1) is 22.3 Å². The van der Waals surface area contributed by atoms with Crippen LogP contribution in [0.15, 0.2) is 34.7 Å². The molecule has 1 saturated heterocycles. The Bertz CT molecular complexity index is 1260. The largest absolute Gasteiger partial charge is 0.479 e. The van der Waals surface area contributed by atoms with E-state index in [9.17, 15) is 4.79 Å². The van der Waals surface area contributed by atoms with Crippen molar-refractivity contribution in [2.24, 2.45) is 5.92 Å². The first-order valence-corrected chi connectivity index (χ1v) is 16.2. The number of anilines is 2. The number of amides is 1. The van der Waals surface area contributed by atoms with Crippen molar-refractivity contribution in [3.63, 3.8) is 0 Å². The Morgan fingerprint density at radius 1 is 1.13 bits per heavy atom. The van der Waals surface area contributed by atoms with Gasteiger partial charge in [0.1, 0.15) is 5.75 Å². The third kappa shape index (κ3) is 6.11. The first kappa shape index (κ1) is 27.5. The molecule has 0 saturated carbocycles. The highest BCUT2D eigenvalue weighted by Gasteiger charge is 2.28. The van der Waals surface area contributed by atoms with E-state index in [1.54, 1.807) is 12.1 Å². The summed E-state index contributed by atoms with van der Waals surface area (Å²) in [4.78, 5) is 24.3. The minimum atomic E-state index is -1.52. The number of nitrogens with one attached hydrogen (secondary N) is 2.